The fraction of sp³-hybridized carbons (Fsp3) is 0.105. The minimum Gasteiger partial charge on any atom is -0.384 e. The minimum atomic E-state index is -3.47. The smallest absolute Gasteiger partial charge is 0.277 e. The summed E-state index contributed by atoms with van der Waals surface area (Å²) < 4.78 is 50.7. The first-order chi connectivity index (χ1) is 28.0. The molecule has 0 aliphatic heterocycles. The Balaban J connectivity index is 0.000000173. The molecule has 8 rings (SSSR count). The Morgan fingerprint density at radius 2 is 1.07 bits per heavy atom. The van der Waals surface area contributed by atoms with E-state index < -0.39 is 19.7 Å². The van der Waals surface area contributed by atoms with Gasteiger partial charge in [0.05, 0.1) is 32.5 Å². The van der Waals surface area contributed by atoms with Gasteiger partial charge in [-0.05, 0) is 54.6 Å². The highest BCUT2D eigenvalue weighted by atomic mass is 35.5. The number of aryl methyl sites for hydroxylation is 2. The van der Waals surface area contributed by atoms with Crippen molar-refractivity contribution in [2.45, 2.75) is 9.79 Å². The Morgan fingerprint density at radius 1 is 0.593 bits per heavy atom. The summed E-state index contributed by atoms with van der Waals surface area (Å²) in [6.07, 6.45) is 5.57. The summed E-state index contributed by atoms with van der Waals surface area (Å²) in [5, 5.41) is 15.6. The lowest BCUT2D eigenvalue weighted by Gasteiger charge is -2.13. The van der Waals surface area contributed by atoms with E-state index >= 15 is 0 Å². The maximum absolute atomic E-state index is 12.6. The highest BCUT2D eigenvalue weighted by Crippen LogP contribution is 2.31. The predicted octanol–water partition coefficient (Wildman–Crippen LogP) is 5.27. The van der Waals surface area contributed by atoms with Crippen LogP contribution >= 0.6 is 11.6 Å². The molecule has 7 N–H and O–H groups in total. The number of rotatable bonds is 8. The quantitative estimate of drug-likeness (QED) is 0.106. The second-order valence-corrected chi connectivity index (χ2v) is 17.2. The standard InChI is InChI=1S/C19H18N6O3S.C14H13ClN4O3S.C5H6N2/c1-25-19(26)17-13(21-12-7-3-4-8-14(12)29(2,27)28)11-16(23-18(17)24-25)22-15-9-5-6-10-20-15;1-19-14(20)12-9(7-11(15)17-13(12)18-19)16-8-5-3-4-6-10(8)23(2,21)22;6-5-3-1-2-4-7-5/h3-11H,1-2H3,(H3,20,21,22,23,24);3-7H,1-2H3,(H2,16,17,18);1-4H,(H2,6,7). The molecule has 0 aliphatic carbocycles. The Labute approximate surface area is 342 Å². The fourth-order valence-corrected chi connectivity index (χ4v) is 7.57. The maximum atomic E-state index is 12.6. The van der Waals surface area contributed by atoms with Crippen molar-refractivity contribution in [3.8, 4) is 0 Å². The molecule has 6 heterocycles. The Morgan fingerprint density at radius 3 is 1.53 bits per heavy atom. The molecular weight excluding hydrogens is 820 g/mol. The number of pyridine rings is 4. The van der Waals surface area contributed by atoms with E-state index in [0.29, 0.717) is 62.3 Å². The van der Waals surface area contributed by atoms with Gasteiger partial charge in [0.25, 0.3) is 11.1 Å². The molecule has 21 heteroatoms. The first-order valence-electron chi connectivity index (χ1n) is 17.3. The van der Waals surface area contributed by atoms with Gasteiger partial charge in [-0.15, -0.1) is 0 Å². The van der Waals surface area contributed by atoms with E-state index in [-0.39, 0.29) is 26.1 Å². The molecule has 0 amide bonds. The van der Waals surface area contributed by atoms with Gasteiger partial charge >= 0.3 is 0 Å². The third-order valence-electron chi connectivity index (χ3n) is 8.31. The number of hydrogen-bond donors (Lipinski definition) is 6. The van der Waals surface area contributed by atoms with Crippen LogP contribution in [0.25, 0.3) is 22.1 Å². The number of nitrogens with one attached hydrogen (secondary N) is 5. The molecule has 6 aromatic heterocycles. The van der Waals surface area contributed by atoms with Crippen molar-refractivity contribution >= 4 is 93.5 Å². The molecule has 8 aromatic rings. The first-order valence-corrected chi connectivity index (χ1v) is 21.5. The molecule has 0 unspecified atom stereocenters. The second kappa shape index (κ2) is 17.2. The number of fused-ring (bicyclic) bond motifs is 2. The number of aromatic amines is 2. The van der Waals surface area contributed by atoms with Gasteiger partial charge in [0.1, 0.15) is 33.4 Å². The number of aromatic nitrogens is 8. The zero-order chi connectivity index (χ0) is 42.5. The molecule has 18 nitrogen and oxygen atoms in total. The number of halogens is 1. The van der Waals surface area contributed by atoms with Crippen molar-refractivity contribution in [2.24, 2.45) is 14.1 Å². The van der Waals surface area contributed by atoms with Crippen LogP contribution in [0, 0.1) is 0 Å². The number of nitrogens with zero attached hydrogens (tertiary/aromatic N) is 6. The summed E-state index contributed by atoms with van der Waals surface area (Å²) in [6, 6.07) is 26.9. The molecule has 0 radical (unpaired) electrons. The molecule has 0 fully saturated rings. The van der Waals surface area contributed by atoms with Crippen LogP contribution in [0.5, 0.6) is 0 Å². The summed E-state index contributed by atoms with van der Waals surface area (Å²) in [7, 11) is -3.74. The van der Waals surface area contributed by atoms with Gasteiger partial charge in [-0.2, -0.15) is 0 Å². The van der Waals surface area contributed by atoms with Crippen molar-refractivity contribution in [1.82, 2.24) is 39.5 Å². The average molecular weight is 857 g/mol. The van der Waals surface area contributed by atoms with Crippen molar-refractivity contribution < 1.29 is 16.8 Å². The third-order valence-corrected chi connectivity index (χ3v) is 10.8. The maximum Gasteiger partial charge on any atom is 0.277 e. The minimum absolute atomic E-state index is 0.133. The first kappa shape index (κ1) is 41.6. The van der Waals surface area contributed by atoms with E-state index in [1.54, 1.807) is 87.2 Å². The SMILES string of the molecule is Cn1[nH]c2nc(Cl)cc(Nc3ccccc3S(C)(=O)=O)c2c1=O.Cn1[nH]c2nc(Nc3ccccn3)cc(Nc3ccccc3S(C)(=O)=O)c2c1=O.Nc1ccccn1. The fourth-order valence-electron chi connectivity index (χ4n) is 5.69. The highest BCUT2D eigenvalue weighted by Gasteiger charge is 2.19. The van der Waals surface area contributed by atoms with E-state index in [1.165, 1.54) is 27.6 Å². The van der Waals surface area contributed by atoms with Gasteiger partial charge in [0.2, 0.25) is 0 Å². The number of para-hydroxylation sites is 2. The summed E-state index contributed by atoms with van der Waals surface area (Å²) in [5.41, 5.74) is 6.90. The molecule has 0 saturated carbocycles. The summed E-state index contributed by atoms with van der Waals surface area (Å²) in [5.74, 6) is 1.60. The number of H-pyrrole nitrogens is 2. The van der Waals surface area contributed by atoms with E-state index in [2.05, 4.69) is 46.1 Å². The zero-order valence-corrected chi connectivity index (χ0v) is 34.2. The number of hydrogen-bond acceptors (Lipinski definition) is 14. The van der Waals surface area contributed by atoms with E-state index in [9.17, 15) is 26.4 Å². The second-order valence-electron chi connectivity index (χ2n) is 12.8. The molecule has 59 heavy (non-hydrogen) atoms. The molecule has 0 saturated heterocycles. The van der Waals surface area contributed by atoms with Crippen LogP contribution in [0.4, 0.5) is 40.2 Å². The normalized spacial score (nSPS) is 11.3. The van der Waals surface area contributed by atoms with E-state index in [0.717, 1.165) is 12.5 Å². The number of nitrogen functional groups attached to an aromatic ring is 1. The van der Waals surface area contributed by atoms with Crippen LogP contribution in [0.3, 0.4) is 0 Å². The molecule has 2 aromatic carbocycles. The average Bonchev–Trinajstić information content (AvgIpc) is 3.64. The van der Waals surface area contributed by atoms with E-state index in [4.69, 9.17) is 17.3 Å². The highest BCUT2D eigenvalue weighted by molar-refractivity contribution is 7.91. The van der Waals surface area contributed by atoms with Crippen molar-refractivity contribution in [3.63, 3.8) is 0 Å². The zero-order valence-electron chi connectivity index (χ0n) is 31.8. The molecular formula is C38H37ClN12O6S2. The number of sulfone groups is 2. The number of benzene rings is 2. The van der Waals surface area contributed by atoms with Crippen LogP contribution in [-0.2, 0) is 33.8 Å². The lowest BCUT2D eigenvalue weighted by atomic mass is 10.2. The lowest BCUT2D eigenvalue weighted by Crippen LogP contribution is -2.12. The topological polar surface area (TPSA) is 258 Å². The molecule has 0 bridgehead atoms. The summed E-state index contributed by atoms with van der Waals surface area (Å²) in [6.45, 7) is 0. The number of anilines is 7. The van der Waals surface area contributed by atoms with Crippen molar-refractivity contribution in [1.29, 1.82) is 0 Å². The molecule has 0 aliphatic rings. The Bertz CT molecular complexity index is 3130. The van der Waals surface area contributed by atoms with Gasteiger partial charge in [-0.3, -0.25) is 29.2 Å². The lowest BCUT2D eigenvalue weighted by molar-refractivity contribution is 0.600. The molecule has 0 spiro atoms. The Kier molecular flexibility index (Phi) is 12.1. The molecule has 304 valence electrons. The molecule has 0 atom stereocenters. The largest absolute Gasteiger partial charge is 0.384 e. The van der Waals surface area contributed by atoms with Crippen molar-refractivity contribution in [2.75, 3.05) is 34.2 Å². The van der Waals surface area contributed by atoms with Gasteiger partial charge < -0.3 is 21.7 Å². The summed E-state index contributed by atoms with van der Waals surface area (Å²) in [4.78, 5) is 41.6. The predicted molar refractivity (Wildman–Crippen MR) is 230 cm³/mol. The van der Waals surface area contributed by atoms with Crippen LogP contribution in [0.2, 0.25) is 5.15 Å². The van der Waals surface area contributed by atoms with Gasteiger partial charge in [0, 0.05) is 45.1 Å². The van der Waals surface area contributed by atoms with E-state index in [1.807, 2.05) is 18.2 Å². The number of nitrogens with two attached hydrogens (primary N) is 1. The van der Waals surface area contributed by atoms with Crippen molar-refractivity contribution in [3.05, 3.63) is 135 Å². The monoisotopic (exact) mass is 856 g/mol. The van der Waals surface area contributed by atoms with Gasteiger partial charge in [-0.25, -0.2) is 36.8 Å². The Hall–Kier alpha value is -7.03. The summed E-state index contributed by atoms with van der Waals surface area (Å²) >= 11 is 5.98. The van der Waals surface area contributed by atoms with Gasteiger partial charge in [-0.1, -0.05) is 48.0 Å². The van der Waals surface area contributed by atoms with Crippen LogP contribution in [0.15, 0.2) is 129 Å². The van der Waals surface area contributed by atoms with Crippen LogP contribution in [-0.4, -0.2) is 68.8 Å². The van der Waals surface area contributed by atoms with Gasteiger partial charge in [0.15, 0.2) is 31.0 Å². The third kappa shape index (κ3) is 9.93. The van der Waals surface area contributed by atoms with Crippen LogP contribution < -0.4 is 32.8 Å². The van der Waals surface area contributed by atoms with Crippen LogP contribution in [0.1, 0.15) is 0 Å².